The quantitative estimate of drug-likeness (QED) is 0.791. The van der Waals surface area contributed by atoms with Crippen LogP contribution in [0.15, 0.2) is 29.2 Å². The molecule has 0 radical (unpaired) electrons. The fraction of sp³-hybridized carbons (Fsp3) is 0.562. The molecule has 25 heavy (non-hydrogen) atoms. The molecule has 0 spiro atoms. The Hall–Kier alpha value is -1.45. The van der Waals surface area contributed by atoms with Gasteiger partial charge in [-0.3, -0.25) is 4.79 Å². The average Bonchev–Trinajstić information content (AvgIpc) is 3.22. The molecule has 0 saturated carbocycles. The molecule has 1 amide bonds. The van der Waals surface area contributed by atoms with Crippen LogP contribution in [0.25, 0.3) is 0 Å². The maximum Gasteiger partial charge on any atom is 0.251 e. The van der Waals surface area contributed by atoms with Gasteiger partial charge in [-0.2, -0.15) is 0 Å². The van der Waals surface area contributed by atoms with Crippen LogP contribution in [0.3, 0.4) is 0 Å². The number of sulfone groups is 2. The first kappa shape index (κ1) is 18.3. The van der Waals surface area contributed by atoms with Gasteiger partial charge in [-0.15, -0.1) is 0 Å². The first-order valence-electron chi connectivity index (χ1n) is 8.22. The molecule has 138 valence electrons. The van der Waals surface area contributed by atoms with Gasteiger partial charge >= 0.3 is 0 Å². The van der Waals surface area contributed by atoms with Crippen molar-refractivity contribution in [3.8, 4) is 0 Å². The summed E-state index contributed by atoms with van der Waals surface area (Å²) in [5.41, 5.74) is 0.357. The number of ether oxygens (including phenoxy) is 1. The molecule has 0 aromatic heterocycles. The van der Waals surface area contributed by atoms with E-state index in [2.05, 4.69) is 5.32 Å². The normalized spacial score (nSPS) is 25.8. The molecule has 1 aromatic carbocycles. The molecule has 7 nitrogen and oxygen atoms in total. The summed E-state index contributed by atoms with van der Waals surface area (Å²) < 4.78 is 53.5. The molecule has 2 heterocycles. The molecular formula is C16H21NO6S2. The number of hydrogen-bond acceptors (Lipinski definition) is 6. The van der Waals surface area contributed by atoms with Crippen LogP contribution in [0.2, 0.25) is 0 Å². The second-order valence-corrected chi connectivity index (χ2v) is 10.9. The second-order valence-electron chi connectivity index (χ2n) is 6.44. The van der Waals surface area contributed by atoms with E-state index in [4.69, 9.17) is 4.74 Å². The first-order valence-corrected chi connectivity index (χ1v) is 11.6. The second kappa shape index (κ2) is 7.05. The Morgan fingerprint density at radius 2 is 1.92 bits per heavy atom. The molecule has 1 N–H and O–H groups in total. The summed E-state index contributed by atoms with van der Waals surface area (Å²) in [4.78, 5) is 12.2. The summed E-state index contributed by atoms with van der Waals surface area (Å²) in [6.07, 6.45) is 2.06. The zero-order chi connectivity index (χ0) is 18.1. The Bertz CT molecular complexity index is 839. The van der Waals surface area contributed by atoms with Crippen LogP contribution < -0.4 is 5.32 Å². The lowest BCUT2D eigenvalue weighted by Gasteiger charge is -2.12. The van der Waals surface area contributed by atoms with Gasteiger partial charge in [-0.05, 0) is 43.5 Å². The number of amides is 1. The van der Waals surface area contributed by atoms with E-state index < -0.39 is 24.9 Å². The van der Waals surface area contributed by atoms with Gasteiger partial charge in [0.25, 0.3) is 5.91 Å². The van der Waals surface area contributed by atoms with E-state index in [0.29, 0.717) is 18.7 Å². The number of carbonyl (C=O) groups is 1. The minimum atomic E-state index is -3.71. The van der Waals surface area contributed by atoms with Gasteiger partial charge in [-0.1, -0.05) is 0 Å². The Morgan fingerprint density at radius 3 is 2.48 bits per heavy atom. The highest BCUT2D eigenvalue weighted by atomic mass is 32.2. The smallest absolute Gasteiger partial charge is 0.251 e. The molecule has 2 aliphatic heterocycles. The van der Waals surface area contributed by atoms with Gasteiger partial charge in [-0.25, -0.2) is 16.8 Å². The highest BCUT2D eigenvalue weighted by molar-refractivity contribution is 7.96. The third-order valence-electron chi connectivity index (χ3n) is 4.59. The Kier molecular flexibility index (Phi) is 5.17. The van der Waals surface area contributed by atoms with Crippen molar-refractivity contribution in [2.45, 2.75) is 35.5 Å². The molecular weight excluding hydrogens is 366 g/mol. The van der Waals surface area contributed by atoms with Crippen LogP contribution in [0.5, 0.6) is 0 Å². The zero-order valence-corrected chi connectivity index (χ0v) is 15.3. The Balaban J connectivity index is 1.66. The van der Waals surface area contributed by atoms with Crippen molar-refractivity contribution in [1.29, 1.82) is 0 Å². The summed E-state index contributed by atoms with van der Waals surface area (Å²) in [7, 11) is -6.99. The van der Waals surface area contributed by atoms with Crippen molar-refractivity contribution in [1.82, 2.24) is 5.32 Å². The summed E-state index contributed by atoms with van der Waals surface area (Å²) in [6, 6.07) is 5.62. The van der Waals surface area contributed by atoms with E-state index in [1.54, 1.807) is 0 Å². The molecule has 9 heteroatoms. The fourth-order valence-electron chi connectivity index (χ4n) is 3.11. The number of hydrogen-bond donors (Lipinski definition) is 1. The van der Waals surface area contributed by atoms with E-state index >= 15 is 0 Å². The van der Waals surface area contributed by atoms with E-state index in [0.717, 1.165) is 12.8 Å². The third kappa shape index (κ3) is 4.21. The average molecular weight is 387 g/mol. The number of nitrogens with one attached hydrogen (secondary N) is 1. The molecule has 0 unspecified atom stereocenters. The van der Waals surface area contributed by atoms with E-state index in [-0.39, 0.29) is 34.8 Å². The maximum atomic E-state index is 12.5. The van der Waals surface area contributed by atoms with Crippen LogP contribution in [0.1, 0.15) is 29.6 Å². The van der Waals surface area contributed by atoms with Crippen molar-refractivity contribution >= 4 is 25.6 Å². The van der Waals surface area contributed by atoms with Gasteiger partial charge in [0, 0.05) is 18.7 Å². The minimum absolute atomic E-state index is 0.0351. The zero-order valence-electron chi connectivity index (χ0n) is 13.7. The van der Waals surface area contributed by atoms with Gasteiger partial charge in [0.1, 0.15) is 0 Å². The molecule has 2 atom stereocenters. The molecule has 2 aliphatic rings. The van der Waals surface area contributed by atoms with E-state index in [1.165, 1.54) is 24.3 Å². The number of rotatable bonds is 5. The minimum Gasteiger partial charge on any atom is -0.376 e. The predicted molar refractivity (Wildman–Crippen MR) is 92.0 cm³/mol. The fourth-order valence-corrected chi connectivity index (χ4v) is 7.47. The largest absolute Gasteiger partial charge is 0.376 e. The molecule has 0 aliphatic carbocycles. The molecule has 0 bridgehead atoms. The van der Waals surface area contributed by atoms with Crippen LogP contribution in [0.4, 0.5) is 0 Å². The third-order valence-corrected chi connectivity index (χ3v) is 8.78. The standard InChI is InChI=1S/C16H21NO6S2/c18-16(17-10-13-2-1-8-23-13)12-3-5-14(6-4-12)25(21,22)15-7-9-24(19,20)11-15/h3-6,13,15H,1-2,7-11H2,(H,17,18)/t13-,15-/m0/s1. The molecule has 2 fully saturated rings. The number of benzene rings is 1. The van der Waals surface area contributed by atoms with Crippen LogP contribution >= 0.6 is 0 Å². The summed E-state index contributed by atoms with van der Waals surface area (Å²) in [5, 5.41) is 1.87. The Morgan fingerprint density at radius 1 is 1.20 bits per heavy atom. The highest BCUT2D eigenvalue weighted by Gasteiger charge is 2.38. The van der Waals surface area contributed by atoms with Crippen molar-refractivity contribution in [3.05, 3.63) is 29.8 Å². The molecule has 2 saturated heterocycles. The van der Waals surface area contributed by atoms with E-state index in [9.17, 15) is 21.6 Å². The molecule has 1 aromatic rings. The van der Waals surface area contributed by atoms with Crippen LogP contribution in [-0.4, -0.2) is 58.8 Å². The molecule has 3 rings (SSSR count). The van der Waals surface area contributed by atoms with Gasteiger partial charge < -0.3 is 10.1 Å². The van der Waals surface area contributed by atoms with Gasteiger partial charge in [0.2, 0.25) is 0 Å². The van der Waals surface area contributed by atoms with Crippen LogP contribution in [0, 0.1) is 0 Å². The van der Waals surface area contributed by atoms with Crippen molar-refractivity contribution < 1.29 is 26.4 Å². The van der Waals surface area contributed by atoms with Gasteiger partial charge in [0.05, 0.1) is 27.8 Å². The highest BCUT2D eigenvalue weighted by Crippen LogP contribution is 2.25. The predicted octanol–water partition coefficient (Wildman–Crippen LogP) is 0.556. The monoisotopic (exact) mass is 387 g/mol. The topological polar surface area (TPSA) is 107 Å². The van der Waals surface area contributed by atoms with Crippen molar-refractivity contribution in [3.63, 3.8) is 0 Å². The summed E-state index contributed by atoms with van der Waals surface area (Å²) in [6.45, 7) is 1.14. The van der Waals surface area contributed by atoms with Crippen LogP contribution in [-0.2, 0) is 24.4 Å². The lowest BCUT2D eigenvalue weighted by Crippen LogP contribution is -2.31. The first-order chi connectivity index (χ1) is 11.8. The summed E-state index contributed by atoms with van der Waals surface area (Å²) >= 11 is 0. The summed E-state index contributed by atoms with van der Waals surface area (Å²) in [5.74, 6) is -0.720. The SMILES string of the molecule is O=C(NC[C@@H]1CCCO1)c1ccc(S(=O)(=O)[C@H]2CCS(=O)(=O)C2)cc1. The lowest BCUT2D eigenvalue weighted by molar-refractivity contribution is 0.0857. The maximum absolute atomic E-state index is 12.5. The van der Waals surface area contributed by atoms with Crippen molar-refractivity contribution in [2.75, 3.05) is 24.7 Å². The number of carbonyl (C=O) groups excluding carboxylic acids is 1. The Labute approximate surface area is 147 Å². The van der Waals surface area contributed by atoms with Gasteiger partial charge in [0.15, 0.2) is 19.7 Å². The van der Waals surface area contributed by atoms with Crippen molar-refractivity contribution in [2.24, 2.45) is 0 Å². The lowest BCUT2D eigenvalue weighted by atomic mass is 10.2. The van der Waals surface area contributed by atoms with E-state index in [1.807, 2.05) is 0 Å².